The van der Waals surface area contributed by atoms with Gasteiger partial charge in [0.15, 0.2) is 0 Å². The van der Waals surface area contributed by atoms with Crippen LogP contribution in [0.2, 0.25) is 0 Å². The highest BCUT2D eigenvalue weighted by Gasteiger charge is 2.14. The minimum Gasteiger partial charge on any atom is -0.459 e. The summed E-state index contributed by atoms with van der Waals surface area (Å²) >= 11 is 0. The first-order valence-corrected chi connectivity index (χ1v) is 6.54. The highest BCUT2D eigenvalue weighted by molar-refractivity contribution is 5.80. The first-order chi connectivity index (χ1) is 8.33. The standard InChI is InChI=1S/C15H19NO/c1-11-5-4-6-12-9-14(17-15(11)12)10-16-13-7-2-3-8-13/h4-6,9,13,16H,2-3,7-8,10H2,1H3. The van der Waals surface area contributed by atoms with Crippen LogP contribution in [-0.4, -0.2) is 6.04 Å². The second kappa shape index (κ2) is 4.53. The van der Waals surface area contributed by atoms with Gasteiger partial charge in [-0.05, 0) is 31.4 Å². The monoisotopic (exact) mass is 229 g/mol. The molecule has 2 aromatic rings. The summed E-state index contributed by atoms with van der Waals surface area (Å²) in [4.78, 5) is 0. The van der Waals surface area contributed by atoms with E-state index in [9.17, 15) is 0 Å². The number of aryl methyl sites for hydroxylation is 1. The summed E-state index contributed by atoms with van der Waals surface area (Å²) in [5.41, 5.74) is 2.25. The molecular weight excluding hydrogens is 210 g/mol. The Bertz CT molecular complexity index is 509. The number of rotatable bonds is 3. The molecule has 17 heavy (non-hydrogen) atoms. The van der Waals surface area contributed by atoms with Crippen molar-refractivity contribution in [2.75, 3.05) is 0 Å². The van der Waals surface area contributed by atoms with Crippen LogP contribution >= 0.6 is 0 Å². The van der Waals surface area contributed by atoms with Gasteiger partial charge in [0, 0.05) is 11.4 Å². The molecule has 90 valence electrons. The molecule has 1 saturated carbocycles. The third-order valence-corrected chi connectivity index (χ3v) is 3.71. The van der Waals surface area contributed by atoms with Gasteiger partial charge < -0.3 is 9.73 Å². The molecule has 0 amide bonds. The van der Waals surface area contributed by atoms with Crippen LogP contribution in [0.3, 0.4) is 0 Å². The van der Waals surface area contributed by atoms with E-state index in [-0.39, 0.29) is 0 Å². The molecule has 0 aliphatic heterocycles. The number of furan rings is 1. The molecule has 2 heteroatoms. The molecule has 1 aliphatic rings. The van der Waals surface area contributed by atoms with Gasteiger partial charge in [0.1, 0.15) is 11.3 Å². The van der Waals surface area contributed by atoms with Crippen LogP contribution in [0.25, 0.3) is 11.0 Å². The Labute approximate surface area is 102 Å². The van der Waals surface area contributed by atoms with Crippen molar-refractivity contribution in [1.29, 1.82) is 0 Å². The van der Waals surface area contributed by atoms with Crippen molar-refractivity contribution in [2.45, 2.75) is 45.2 Å². The summed E-state index contributed by atoms with van der Waals surface area (Å²) in [5.74, 6) is 1.06. The molecule has 1 aliphatic carbocycles. The van der Waals surface area contributed by atoms with Crippen LogP contribution in [0, 0.1) is 6.92 Å². The van der Waals surface area contributed by atoms with Crippen LogP contribution in [0.5, 0.6) is 0 Å². The number of benzene rings is 1. The summed E-state index contributed by atoms with van der Waals surface area (Å²) < 4.78 is 5.90. The third kappa shape index (κ3) is 2.22. The summed E-state index contributed by atoms with van der Waals surface area (Å²) in [7, 11) is 0. The van der Waals surface area contributed by atoms with Crippen molar-refractivity contribution >= 4 is 11.0 Å². The predicted molar refractivity (Wildman–Crippen MR) is 70.0 cm³/mol. The summed E-state index contributed by atoms with van der Waals surface area (Å²) in [5, 5.41) is 4.80. The van der Waals surface area contributed by atoms with Crippen LogP contribution in [-0.2, 0) is 6.54 Å². The topological polar surface area (TPSA) is 25.2 Å². The first-order valence-electron chi connectivity index (χ1n) is 6.54. The largest absolute Gasteiger partial charge is 0.459 e. The quantitative estimate of drug-likeness (QED) is 0.866. The van der Waals surface area contributed by atoms with Gasteiger partial charge >= 0.3 is 0 Å². The second-order valence-electron chi connectivity index (χ2n) is 5.07. The molecule has 3 rings (SSSR count). The Morgan fingerprint density at radius 3 is 2.88 bits per heavy atom. The lowest BCUT2D eigenvalue weighted by Gasteiger charge is -2.09. The van der Waals surface area contributed by atoms with Crippen LogP contribution in [0.1, 0.15) is 37.0 Å². The molecule has 1 fully saturated rings. The van der Waals surface area contributed by atoms with Crippen molar-refractivity contribution in [1.82, 2.24) is 5.32 Å². The van der Waals surface area contributed by atoms with Crippen molar-refractivity contribution in [3.63, 3.8) is 0 Å². The van der Waals surface area contributed by atoms with Crippen molar-refractivity contribution in [3.05, 3.63) is 35.6 Å². The third-order valence-electron chi connectivity index (χ3n) is 3.71. The maximum Gasteiger partial charge on any atom is 0.137 e. The van der Waals surface area contributed by atoms with E-state index in [0.717, 1.165) is 17.9 Å². The molecular formula is C15H19NO. The number of para-hydroxylation sites is 1. The predicted octanol–water partition coefficient (Wildman–Crippen LogP) is 3.77. The molecule has 0 atom stereocenters. The van der Waals surface area contributed by atoms with Crippen molar-refractivity contribution in [3.8, 4) is 0 Å². The van der Waals surface area contributed by atoms with Gasteiger partial charge in [-0.1, -0.05) is 31.0 Å². The Balaban J connectivity index is 1.74. The molecule has 0 radical (unpaired) electrons. The fourth-order valence-corrected chi connectivity index (χ4v) is 2.72. The van der Waals surface area contributed by atoms with Gasteiger partial charge in [0.2, 0.25) is 0 Å². The average Bonchev–Trinajstić information content (AvgIpc) is 2.95. The Morgan fingerprint density at radius 2 is 2.12 bits per heavy atom. The molecule has 1 aromatic heterocycles. The van der Waals surface area contributed by atoms with Gasteiger partial charge in [-0.25, -0.2) is 0 Å². The number of hydrogen-bond acceptors (Lipinski definition) is 2. The lowest BCUT2D eigenvalue weighted by molar-refractivity contribution is 0.462. The minimum absolute atomic E-state index is 0.698. The highest BCUT2D eigenvalue weighted by atomic mass is 16.3. The number of nitrogens with one attached hydrogen (secondary N) is 1. The Hall–Kier alpha value is -1.28. The first kappa shape index (κ1) is 10.8. The molecule has 1 N–H and O–H groups in total. The fourth-order valence-electron chi connectivity index (χ4n) is 2.72. The maximum absolute atomic E-state index is 5.90. The van der Waals surface area contributed by atoms with E-state index in [2.05, 4.69) is 36.5 Å². The molecule has 0 unspecified atom stereocenters. The zero-order valence-corrected chi connectivity index (χ0v) is 10.3. The molecule has 1 aromatic carbocycles. The van der Waals surface area contributed by atoms with Crippen molar-refractivity contribution < 1.29 is 4.42 Å². The summed E-state index contributed by atoms with van der Waals surface area (Å²) in [6.07, 6.45) is 5.38. The van der Waals surface area contributed by atoms with Crippen LogP contribution in [0.4, 0.5) is 0 Å². The van der Waals surface area contributed by atoms with Crippen LogP contribution < -0.4 is 5.32 Å². The number of fused-ring (bicyclic) bond motifs is 1. The van der Waals surface area contributed by atoms with Gasteiger partial charge in [-0.15, -0.1) is 0 Å². The fraction of sp³-hybridized carbons (Fsp3) is 0.467. The lowest BCUT2D eigenvalue weighted by Crippen LogP contribution is -2.24. The van der Waals surface area contributed by atoms with Crippen molar-refractivity contribution in [2.24, 2.45) is 0 Å². The molecule has 0 spiro atoms. The van der Waals surface area contributed by atoms with Gasteiger partial charge in [-0.3, -0.25) is 0 Å². The molecule has 1 heterocycles. The van der Waals surface area contributed by atoms with E-state index in [1.807, 2.05) is 0 Å². The van der Waals surface area contributed by atoms with E-state index in [1.54, 1.807) is 0 Å². The van der Waals surface area contributed by atoms with Gasteiger partial charge in [-0.2, -0.15) is 0 Å². The Morgan fingerprint density at radius 1 is 1.29 bits per heavy atom. The van der Waals surface area contributed by atoms with E-state index >= 15 is 0 Å². The van der Waals surface area contributed by atoms with E-state index in [0.29, 0.717) is 6.04 Å². The van der Waals surface area contributed by atoms with Gasteiger partial charge in [0.05, 0.1) is 6.54 Å². The summed E-state index contributed by atoms with van der Waals surface area (Å²) in [6.45, 7) is 2.96. The van der Waals surface area contributed by atoms with Crippen LogP contribution in [0.15, 0.2) is 28.7 Å². The second-order valence-corrected chi connectivity index (χ2v) is 5.07. The number of hydrogen-bond donors (Lipinski definition) is 1. The van der Waals surface area contributed by atoms with E-state index < -0.39 is 0 Å². The lowest BCUT2D eigenvalue weighted by atomic mass is 10.2. The van der Waals surface area contributed by atoms with E-state index in [4.69, 9.17) is 4.42 Å². The van der Waals surface area contributed by atoms with Gasteiger partial charge in [0.25, 0.3) is 0 Å². The zero-order valence-electron chi connectivity index (χ0n) is 10.3. The smallest absolute Gasteiger partial charge is 0.137 e. The minimum atomic E-state index is 0.698. The molecule has 0 saturated heterocycles. The van der Waals surface area contributed by atoms with E-state index in [1.165, 1.54) is 36.6 Å². The zero-order chi connectivity index (χ0) is 11.7. The Kier molecular flexibility index (Phi) is 2.89. The molecule has 2 nitrogen and oxygen atoms in total. The normalized spacial score (nSPS) is 17.0. The summed E-state index contributed by atoms with van der Waals surface area (Å²) in [6, 6.07) is 9.15. The highest BCUT2D eigenvalue weighted by Crippen LogP contribution is 2.23. The maximum atomic E-state index is 5.90. The molecule has 0 bridgehead atoms. The average molecular weight is 229 g/mol. The SMILES string of the molecule is Cc1cccc2cc(CNC3CCCC3)oc12.